The molecule has 1 amide bonds. The van der Waals surface area contributed by atoms with E-state index >= 15 is 0 Å². The molecular formula is C16H28N2O3. The second kappa shape index (κ2) is 7.07. The van der Waals surface area contributed by atoms with E-state index in [2.05, 4.69) is 4.90 Å². The van der Waals surface area contributed by atoms with Crippen LogP contribution in [0, 0.1) is 0 Å². The van der Waals surface area contributed by atoms with Crippen LogP contribution in [0.5, 0.6) is 0 Å². The van der Waals surface area contributed by atoms with Crippen LogP contribution in [0.3, 0.4) is 0 Å². The molecule has 2 heterocycles. The number of aliphatic hydroxyl groups is 1. The summed E-state index contributed by atoms with van der Waals surface area (Å²) in [5.74, 6) is 0.275. The maximum atomic E-state index is 12.2. The van der Waals surface area contributed by atoms with Crippen molar-refractivity contribution in [2.45, 2.75) is 63.2 Å². The van der Waals surface area contributed by atoms with Gasteiger partial charge in [0.1, 0.15) is 0 Å². The number of aliphatic hydroxyl groups excluding tert-OH is 1. The number of carbonyl (C=O) groups excluding carboxylic acids is 1. The van der Waals surface area contributed by atoms with Crippen LogP contribution >= 0.6 is 0 Å². The molecule has 2 saturated heterocycles. The average molecular weight is 296 g/mol. The predicted molar refractivity (Wildman–Crippen MR) is 80.0 cm³/mol. The monoisotopic (exact) mass is 296 g/mol. The highest BCUT2D eigenvalue weighted by molar-refractivity contribution is 5.76. The molecule has 3 aliphatic rings. The first-order chi connectivity index (χ1) is 10.2. The summed E-state index contributed by atoms with van der Waals surface area (Å²) in [5, 5.41) is 9.99. The Kier molecular flexibility index (Phi) is 5.14. The average Bonchev–Trinajstić information content (AvgIpc) is 3.16. The van der Waals surface area contributed by atoms with Gasteiger partial charge in [-0.25, -0.2) is 0 Å². The van der Waals surface area contributed by atoms with Gasteiger partial charge in [-0.3, -0.25) is 9.69 Å². The van der Waals surface area contributed by atoms with Crippen molar-refractivity contribution < 1.29 is 14.6 Å². The van der Waals surface area contributed by atoms with Gasteiger partial charge in [-0.05, 0) is 38.5 Å². The van der Waals surface area contributed by atoms with Crippen LogP contribution in [0.4, 0.5) is 0 Å². The summed E-state index contributed by atoms with van der Waals surface area (Å²) < 4.78 is 5.58. The number of rotatable bonds is 4. The van der Waals surface area contributed by atoms with Crippen molar-refractivity contribution in [2.24, 2.45) is 0 Å². The van der Waals surface area contributed by atoms with Gasteiger partial charge in [-0.15, -0.1) is 0 Å². The van der Waals surface area contributed by atoms with Gasteiger partial charge in [0.15, 0.2) is 0 Å². The van der Waals surface area contributed by atoms with E-state index in [0.29, 0.717) is 18.6 Å². The summed E-state index contributed by atoms with van der Waals surface area (Å²) in [6, 6.07) is 0.328. The van der Waals surface area contributed by atoms with Gasteiger partial charge in [-0.1, -0.05) is 0 Å². The number of piperazine rings is 1. The van der Waals surface area contributed by atoms with Crippen LogP contribution in [-0.2, 0) is 9.53 Å². The molecule has 5 nitrogen and oxygen atoms in total. The first-order valence-electron chi connectivity index (χ1n) is 8.55. The van der Waals surface area contributed by atoms with E-state index in [4.69, 9.17) is 4.74 Å². The quantitative estimate of drug-likeness (QED) is 0.841. The van der Waals surface area contributed by atoms with Crippen LogP contribution in [0.25, 0.3) is 0 Å². The summed E-state index contributed by atoms with van der Waals surface area (Å²) in [6.45, 7) is 4.31. The lowest BCUT2D eigenvalue weighted by atomic mass is 10.1. The Morgan fingerprint density at radius 3 is 2.52 bits per heavy atom. The molecule has 3 rings (SSSR count). The molecule has 2 aliphatic heterocycles. The molecule has 1 aliphatic carbocycles. The highest BCUT2D eigenvalue weighted by Crippen LogP contribution is 2.25. The second-order valence-corrected chi connectivity index (χ2v) is 6.66. The van der Waals surface area contributed by atoms with E-state index in [1.807, 2.05) is 4.90 Å². The number of nitrogens with zero attached hydrogens (tertiary/aromatic N) is 2. The van der Waals surface area contributed by atoms with Crippen molar-refractivity contribution >= 4 is 5.91 Å². The van der Waals surface area contributed by atoms with Crippen molar-refractivity contribution in [1.29, 1.82) is 0 Å². The van der Waals surface area contributed by atoms with Crippen molar-refractivity contribution in [1.82, 2.24) is 9.80 Å². The lowest BCUT2D eigenvalue weighted by molar-refractivity contribution is -0.134. The predicted octanol–water partition coefficient (Wildman–Crippen LogP) is 1.00. The molecule has 0 radical (unpaired) electrons. The largest absolute Gasteiger partial charge is 0.391 e. The molecule has 0 aromatic rings. The summed E-state index contributed by atoms with van der Waals surface area (Å²) in [6.07, 6.45) is 7.07. The second-order valence-electron chi connectivity index (χ2n) is 6.66. The molecule has 3 fully saturated rings. The number of hydrogen-bond donors (Lipinski definition) is 1. The van der Waals surface area contributed by atoms with Crippen molar-refractivity contribution in [3.8, 4) is 0 Å². The summed E-state index contributed by atoms with van der Waals surface area (Å²) in [7, 11) is 0. The van der Waals surface area contributed by atoms with Crippen molar-refractivity contribution in [2.75, 3.05) is 32.8 Å². The molecule has 0 bridgehead atoms. The molecule has 3 atom stereocenters. The minimum absolute atomic E-state index is 0.160. The Balaban J connectivity index is 1.39. The third-order valence-electron chi connectivity index (χ3n) is 5.28. The van der Waals surface area contributed by atoms with Gasteiger partial charge in [0.25, 0.3) is 0 Å². The zero-order valence-electron chi connectivity index (χ0n) is 12.9. The summed E-state index contributed by atoms with van der Waals surface area (Å²) >= 11 is 0. The molecule has 5 heteroatoms. The minimum Gasteiger partial charge on any atom is -0.391 e. The Morgan fingerprint density at radius 2 is 1.90 bits per heavy atom. The number of ether oxygens (including phenoxy) is 1. The SMILES string of the molecule is O=C(CC[C@@H]1CCCO1)N1CCN([C@H]2CCC[C@H]2O)CC1. The van der Waals surface area contributed by atoms with E-state index in [1.54, 1.807) is 0 Å². The van der Waals surface area contributed by atoms with Gasteiger partial charge in [-0.2, -0.15) is 0 Å². The summed E-state index contributed by atoms with van der Waals surface area (Å²) in [4.78, 5) is 16.6. The Hall–Kier alpha value is -0.650. The maximum absolute atomic E-state index is 12.2. The van der Waals surface area contributed by atoms with Gasteiger partial charge in [0, 0.05) is 45.2 Å². The van der Waals surface area contributed by atoms with E-state index < -0.39 is 0 Å². The molecule has 1 N–H and O–H groups in total. The standard InChI is InChI=1S/C16H28N2O3/c19-15-5-1-4-14(15)17-8-10-18(11-9-17)16(20)7-6-13-3-2-12-21-13/h13-15,19H,1-12H2/t13-,14-,15+/m0/s1. The van der Waals surface area contributed by atoms with E-state index in [0.717, 1.165) is 71.3 Å². The molecule has 1 saturated carbocycles. The fraction of sp³-hybridized carbons (Fsp3) is 0.938. The zero-order chi connectivity index (χ0) is 14.7. The summed E-state index contributed by atoms with van der Waals surface area (Å²) in [5.41, 5.74) is 0. The number of hydrogen-bond acceptors (Lipinski definition) is 4. The molecule has 120 valence electrons. The van der Waals surface area contributed by atoms with Gasteiger partial charge >= 0.3 is 0 Å². The Labute approximate surface area is 127 Å². The van der Waals surface area contributed by atoms with E-state index in [-0.39, 0.29) is 12.0 Å². The van der Waals surface area contributed by atoms with Gasteiger partial charge in [0.2, 0.25) is 5.91 Å². The van der Waals surface area contributed by atoms with Crippen LogP contribution in [0.2, 0.25) is 0 Å². The Bertz CT molecular complexity index is 349. The smallest absolute Gasteiger partial charge is 0.222 e. The van der Waals surface area contributed by atoms with E-state index in [1.165, 1.54) is 0 Å². The van der Waals surface area contributed by atoms with Crippen LogP contribution in [0.1, 0.15) is 44.9 Å². The third kappa shape index (κ3) is 3.76. The fourth-order valence-corrected chi connectivity index (χ4v) is 3.96. The highest BCUT2D eigenvalue weighted by Gasteiger charge is 2.33. The maximum Gasteiger partial charge on any atom is 0.222 e. The lowest BCUT2D eigenvalue weighted by Crippen LogP contribution is -2.53. The third-order valence-corrected chi connectivity index (χ3v) is 5.28. The minimum atomic E-state index is -0.160. The molecule has 21 heavy (non-hydrogen) atoms. The van der Waals surface area contributed by atoms with Crippen molar-refractivity contribution in [3.63, 3.8) is 0 Å². The van der Waals surface area contributed by atoms with Gasteiger partial charge in [0.05, 0.1) is 12.2 Å². The molecule has 0 aromatic carbocycles. The molecule has 0 aromatic heterocycles. The first-order valence-corrected chi connectivity index (χ1v) is 8.55. The lowest BCUT2D eigenvalue weighted by Gasteiger charge is -2.39. The Morgan fingerprint density at radius 1 is 1.10 bits per heavy atom. The van der Waals surface area contributed by atoms with E-state index in [9.17, 15) is 9.90 Å². The molecular weight excluding hydrogens is 268 g/mol. The highest BCUT2D eigenvalue weighted by atomic mass is 16.5. The molecule has 0 unspecified atom stereocenters. The first kappa shape index (κ1) is 15.3. The number of carbonyl (C=O) groups is 1. The van der Waals surface area contributed by atoms with Crippen molar-refractivity contribution in [3.05, 3.63) is 0 Å². The van der Waals surface area contributed by atoms with Gasteiger partial charge < -0.3 is 14.7 Å². The number of amides is 1. The van der Waals surface area contributed by atoms with Crippen LogP contribution in [-0.4, -0.2) is 71.8 Å². The zero-order valence-corrected chi connectivity index (χ0v) is 12.9. The fourth-order valence-electron chi connectivity index (χ4n) is 3.96. The topological polar surface area (TPSA) is 53.0 Å². The van der Waals surface area contributed by atoms with Crippen LogP contribution < -0.4 is 0 Å². The molecule has 0 spiro atoms. The normalized spacial score (nSPS) is 34.5. The van der Waals surface area contributed by atoms with Crippen LogP contribution in [0.15, 0.2) is 0 Å².